The fourth-order valence-corrected chi connectivity index (χ4v) is 4.13. The van der Waals surface area contributed by atoms with Crippen molar-refractivity contribution in [1.29, 1.82) is 0 Å². The van der Waals surface area contributed by atoms with Gasteiger partial charge in [-0.15, -0.1) is 0 Å². The molecule has 1 atom stereocenters. The number of aromatic nitrogens is 1. The van der Waals surface area contributed by atoms with Crippen molar-refractivity contribution in [3.05, 3.63) is 41.1 Å². The Morgan fingerprint density at radius 2 is 1.87 bits per heavy atom. The van der Waals surface area contributed by atoms with Gasteiger partial charge >= 0.3 is 11.9 Å². The third kappa shape index (κ3) is 4.78. The van der Waals surface area contributed by atoms with E-state index in [-0.39, 0.29) is 25.0 Å². The largest absolute Gasteiger partial charge is 0.462 e. The summed E-state index contributed by atoms with van der Waals surface area (Å²) in [5.41, 5.74) is 2.12. The first-order valence-corrected chi connectivity index (χ1v) is 10.4. The van der Waals surface area contributed by atoms with Gasteiger partial charge in [0.05, 0.1) is 23.4 Å². The summed E-state index contributed by atoms with van der Waals surface area (Å²) in [6.45, 7) is 5.03. The van der Waals surface area contributed by atoms with E-state index < -0.39 is 18.0 Å². The van der Waals surface area contributed by atoms with E-state index in [1.807, 2.05) is 31.2 Å². The highest BCUT2D eigenvalue weighted by Crippen LogP contribution is 2.29. The molecule has 1 aromatic carbocycles. The Hall–Kier alpha value is -2.96. The smallest absolute Gasteiger partial charge is 0.340 e. The molecular weight excluding hydrogens is 384 g/mol. The van der Waals surface area contributed by atoms with Crippen LogP contribution in [0.4, 0.5) is 0 Å². The molecule has 160 valence electrons. The minimum absolute atomic E-state index is 0.0669. The molecule has 1 aliphatic rings. The van der Waals surface area contributed by atoms with Crippen molar-refractivity contribution in [2.75, 3.05) is 6.61 Å². The predicted molar refractivity (Wildman–Crippen MR) is 112 cm³/mol. The van der Waals surface area contributed by atoms with Gasteiger partial charge in [-0.25, -0.2) is 14.6 Å². The number of carbonyl (C=O) groups is 3. The van der Waals surface area contributed by atoms with Crippen LogP contribution in [0.5, 0.6) is 0 Å². The number of hydrogen-bond acceptors (Lipinski definition) is 6. The van der Waals surface area contributed by atoms with Crippen molar-refractivity contribution in [2.24, 2.45) is 5.92 Å². The number of para-hydroxylation sites is 1. The van der Waals surface area contributed by atoms with Gasteiger partial charge in [-0.05, 0) is 44.2 Å². The zero-order valence-electron chi connectivity index (χ0n) is 17.7. The Bertz CT molecular complexity index is 950. The predicted octanol–water partition coefficient (Wildman–Crippen LogP) is 3.46. The number of aryl methyl sites for hydroxylation is 1. The minimum Gasteiger partial charge on any atom is -0.462 e. The van der Waals surface area contributed by atoms with Crippen LogP contribution in [0.25, 0.3) is 10.9 Å². The maximum Gasteiger partial charge on any atom is 0.340 e. The second kappa shape index (κ2) is 9.69. The lowest BCUT2D eigenvalue weighted by molar-refractivity contribution is -0.150. The summed E-state index contributed by atoms with van der Waals surface area (Å²) in [6.07, 6.45) is 3.82. The molecule has 1 aromatic heterocycles. The molecule has 1 N–H and O–H groups in total. The lowest BCUT2D eigenvalue weighted by Gasteiger charge is -2.22. The number of pyridine rings is 1. The van der Waals surface area contributed by atoms with Crippen LogP contribution in [-0.4, -0.2) is 35.5 Å². The van der Waals surface area contributed by atoms with Crippen LogP contribution in [-0.2, 0) is 25.7 Å². The Balaban J connectivity index is 1.88. The van der Waals surface area contributed by atoms with Crippen molar-refractivity contribution in [2.45, 2.75) is 59.1 Å². The lowest BCUT2D eigenvalue weighted by Crippen LogP contribution is -2.45. The van der Waals surface area contributed by atoms with Gasteiger partial charge in [0.2, 0.25) is 5.91 Å². The molecule has 1 unspecified atom stereocenters. The highest BCUT2D eigenvalue weighted by atomic mass is 16.5. The molecule has 30 heavy (non-hydrogen) atoms. The quantitative estimate of drug-likeness (QED) is 0.700. The SMILES string of the molecule is CCOC(=O)c1c(COC(=O)C(NC(C)=O)C2CCCC2)nc2ccccc2c1C. The Kier molecular flexibility index (Phi) is 7.03. The standard InChI is InChI=1S/C23H28N2O5/c1-4-29-22(27)20-14(2)17-11-7-8-12-18(17)25-19(20)13-30-23(28)21(24-15(3)26)16-9-5-6-10-16/h7-8,11-12,16,21H,4-6,9-10,13H2,1-3H3,(H,24,26). The summed E-state index contributed by atoms with van der Waals surface area (Å²) >= 11 is 0. The zero-order chi connectivity index (χ0) is 21.7. The zero-order valence-corrected chi connectivity index (χ0v) is 17.7. The molecule has 0 saturated heterocycles. The molecule has 0 radical (unpaired) electrons. The summed E-state index contributed by atoms with van der Waals surface area (Å²) in [4.78, 5) is 41.6. The van der Waals surface area contributed by atoms with Crippen LogP contribution in [0.1, 0.15) is 61.1 Å². The minimum atomic E-state index is -0.683. The number of ether oxygens (including phenoxy) is 2. The second-order valence-electron chi connectivity index (χ2n) is 7.63. The maximum absolute atomic E-state index is 12.8. The normalized spacial score (nSPS) is 15.0. The summed E-state index contributed by atoms with van der Waals surface area (Å²) < 4.78 is 10.8. The van der Waals surface area contributed by atoms with Crippen LogP contribution in [0, 0.1) is 12.8 Å². The van der Waals surface area contributed by atoms with Gasteiger partial charge in [0, 0.05) is 12.3 Å². The van der Waals surface area contributed by atoms with E-state index in [1.54, 1.807) is 6.92 Å². The van der Waals surface area contributed by atoms with E-state index in [9.17, 15) is 14.4 Å². The van der Waals surface area contributed by atoms with E-state index in [0.717, 1.165) is 36.6 Å². The van der Waals surface area contributed by atoms with Crippen LogP contribution >= 0.6 is 0 Å². The third-order valence-corrected chi connectivity index (χ3v) is 5.54. The molecule has 0 bridgehead atoms. The van der Waals surface area contributed by atoms with E-state index in [0.29, 0.717) is 16.8 Å². The first kappa shape index (κ1) is 21.7. The highest BCUT2D eigenvalue weighted by molar-refractivity contribution is 5.98. The Morgan fingerprint density at radius 1 is 1.17 bits per heavy atom. The number of benzene rings is 1. The van der Waals surface area contributed by atoms with E-state index in [4.69, 9.17) is 9.47 Å². The van der Waals surface area contributed by atoms with Crippen LogP contribution in [0.15, 0.2) is 24.3 Å². The van der Waals surface area contributed by atoms with Crippen molar-refractivity contribution >= 4 is 28.7 Å². The molecule has 0 spiro atoms. The molecule has 0 aliphatic heterocycles. The second-order valence-corrected chi connectivity index (χ2v) is 7.63. The molecule has 1 amide bonds. The molecular formula is C23H28N2O5. The summed E-state index contributed by atoms with van der Waals surface area (Å²) in [6, 6.07) is 6.80. The summed E-state index contributed by atoms with van der Waals surface area (Å²) in [7, 11) is 0. The number of amides is 1. The monoisotopic (exact) mass is 412 g/mol. The average molecular weight is 412 g/mol. The molecule has 1 fully saturated rings. The molecule has 2 aromatic rings. The number of fused-ring (bicyclic) bond motifs is 1. The van der Waals surface area contributed by atoms with Crippen LogP contribution in [0.2, 0.25) is 0 Å². The summed E-state index contributed by atoms with van der Waals surface area (Å²) in [5.74, 6) is -1.19. The van der Waals surface area contributed by atoms with Gasteiger partial charge in [-0.1, -0.05) is 31.0 Å². The van der Waals surface area contributed by atoms with Gasteiger partial charge < -0.3 is 14.8 Å². The van der Waals surface area contributed by atoms with Gasteiger partial charge in [0.1, 0.15) is 12.6 Å². The van der Waals surface area contributed by atoms with Gasteiger partial charge in [0.15, 0.2) is 0 Å². The molecule has 7 nitrogen and oxygen atoms in total. The number of carbonyl (C=O) groups excluding carboxylic acids is 3. The van der Waals surface area contributed by atoms with Crippen molar-refractivity contribution in [3.8, 4) is 0 Å². The third-order valence-electron chi connectivity index (χ3n) is 5.54. The highest BCUT2D eigenvalue weighted by Gasteiger charge is 2.33. The fraction of sp³-hybridized carbons (Fsp3) is 0.478. The number of nitrogens with one attached hydrogen (secondary N) is 1. The van der Waals surface area contributed by atoms with Gasteiger partial charge in [-0.2, -0.15) is 0 Å². The fourth-order valence-electron chi connectivity index (χ4n) is 4.13. The van der Waals surface area contributed by atoms with Gasteiger partial charge in [-0.3, -0.25) is 4.79 Å². The Labute approximate surface area is 176 Å². The molecule has 3 rings (SSSR count). The molecule has 1 heterocycles. The molecule has 1 aliphatic carbocycles. The number of hydrogen-bond donors (Lipinski definition) is 1. The van der Waals surface area contributed by atoms with Crippen molar-refractivity contribution in [3.63, 3.8) is 0 Å². The van der Waals surface area contributed by atoms with Crippen LogP contribution < -0.4 is 5.32 Å². The number of nitrogens with zero attached hydrogens (tertiary/aromatic N) is 1. The molecule has 7 heteroatoms. The van der Waals surface area contributed by atoms with Crippen molar-refractivity contribution < 1.29 is 23.9 Å². The lowest BCUT2D eigenvalue weighted by atomic mass is 9.98. The Morgan fingerprint density at radius 3 is 2.53 bits per heavy atom. The summed E-state index contributed by atoms with van der Waals surface area (Å²) in [5, 5.41) is 3.58. The van der Waals surface area contributed by atoms with Gasteiger partial charge in [0.25, 0.3) is 0 Å². The topological polar surface area (TPSA) is 94.6 Å². The number of esters is 2. The maximum atomic E-state index is 12.8. The van der Waals surface area contributed by atoms with E-state index in [2.05, 4.69) is 10.3 Å². The average Bonchev–Trinajstić information content (AvgIpc) is 3.25. The van der Waals surface area contributed by atoms with Crippen molar-refractivity contribution in [1.82, 2.24) is 10.3 Å². The molecule has 1 saturated carbocycles. The van der Waals surface area contributed by atoms with E-state index >= 15 is 0 Å². The first-order valence-electron chi connectivity index (χ1n) is 10.4. The van der Waals surface area contributed by atoms with E-state index in [1.165, 1.54) is 6.92 Å². The number of rotatable bonds is 7. The first-order chi connectivity index (χ1) is 14.4. The van der Waals surface area contributed by atoms with Crippen LogP contribution in [0.3, 0.4) is 0 Å².